The minimum absolute atomic E-state index is 0.0409. The van der Waals surface area contributed by atoms with E-state index in [1.165, 1.54) is 12.1 Å². The van der Waals surface area contributed by atoms with E-state index in [4.69, 9.17) is 0 Å². The van der Waals surface area contributed by atoms with Crippen LogP contribution in [0.3, 0.4) is 0 Å². The van der Waals surface area contributed by atoms with Gasteiger partial charge in [-0.1, -0.05) is 12.1 Å². The third-order valence-electron chi connectivity index (χ3n) is 3.01. The van der Waals surface area contributed by atoms with Gasteiger partial charge in [0.25, 0.3) is 5.91 Å². The van der Waals surface area contributed by atoms with E-state index in [1.54, 1.807) is 30.5 Å². The average molecular weight is 260 g/mol. The molecule has 2 rings (SSSR count). The van der Waals surface area contributed by atoms with E-state index in [1.807, 2.05) is 13.8 Å². The largest absolute Gasteiger partial charge is 0.465 e. The first-order chi connectivity index (χ1) is 9.04. The molecule has 5 nitrogen and oxygen atoms in total. The van der Waals surface area contributed by atoms with Crippen LogP contribution in [0.4, 0.5) is 0 Å². The fourth-order valence-electron chi connectivity index (χ4n) is 1.96. The van der Waals surface area contributed by atoms with Gasteiger partial charge in [-0.25, -0.2) is 9.80 Å². The predicted octanol–water partition coefficient (Wildman–Crippen LogP) is 1.79. The molecule has 0 saturated heterocycles. The Labute approximate surface area is 111 Å². The summed E-state index contributed by atoms with van der Waals surface area (Å²) in [6.07, 6.45) is 1.63. The molecule has 0 fully saturated rings. The SMILES string of the molecule is COC(=O)c1ccc([C@@H]2C=NN(C(C)C)C2=O)cc1. The molecule has 0 N–H and O–H groups in total. The lowest BCUT2D eigenvalue weighted by Crippen LogP contribution is -2.31. The zero-order valence-electron chi connectivity index (χ0n) is 11.2. The van der Waals surface area contributed by atoms with Gasteiger partial charge in [-0.05, 0) is 31.5 Å². The predicted molar refractivity (Wildman–Crippen MR) is 71.0 cm³/mol. The number of esters is 1. The van der Waals surface area contributed by atoms with Crippen molar-refractivity contribution in [3.63, 3.8) is 0 Å². The third kappa shape index (κ3) is 2.50. The maximum Gasteiger partial charge on any atom is 0.337 e. The van der Waals surface area contributed by atoms with Crippen LogP contribution in [0.2, 0.25) is 0 Å². The molecule has 19 heavy (non-hydrogen) atoms. The van der Waals surface area contributed by atoms with Crippen molar-refractivity contribution < 1.29 is 14.3 Å². The molecule has 0 bridgehead atoms. The van der Waals surface area contributed by atoms with Gasteiger partial charge in [-0.3, -0.25) is 4.79 Å². The number of amides is 1. The fourth-order valence-corrected chi connectivity index (χ4v) is 1.96. The number of carbonyl (C=O) groups is 2. The number of benzene rings is 1. The monoisotopic (exact) mass is 260 g/mol. The molecule has 1 aliphatic heterocycles. The molecule has 1 heterocycles. The Morgan fingerprint density at radius 3 is 2.42 bits per heavy atom. The molecule has 0 aliphatic carbocycles. The summed E-state index contributed by atoms with van der Waals surface area (Å²) in [6, 6.07) is 6.86. The van der Waals surface area contributed by atoms with E-state index in [2.05, 4.69) is 9.84 Å². The van der Waals surface area contributed by atoms with Gasteiger partial charge in [-0.15, -0.1) is 0 Å². The van der Waals surface area contributed by atoms with Gasteiger partial charge in [-0.2, -0.15) is 5.10 Å². The molecule has 1 atom stereocenters. The van der Waals surface area contributed by atoms with E-state index in [0.717, 1.165) is 5.56 Å². The van der Waals surface area contributed by atoms with Crippen molar-refractivity contribution in [1.29, 1.82) is 0 Å². The van der Waals surface area contributed by atoms with E-state index < -0.39 is 0 Å². The van der Waals surface area contributed by atoms with Crippen molar-refractivity contribution in [1.82, 2.24) is 5.01 Å². The number of hydrazone groups is 1. The second-order valence-electron chi connectivity index (χ2n) is 4.63. The van der Waals surface area contributed by atoms with Crippen LogP contribution in [0.5, 0.6) is 0 Å². The summed E-state index contributed by atoms with van der Waals surface area (Å²) >= 11 is 0. The molecular weight excluding hydrogens is 244 g/mol. The van der Waals surface area contributed by atoms with E-state index >= 15 is 0 Å². The number of methoxy groups -OCH3 is 1. The summed E-state index contributed by atoms with van der Waals surface area (Å²) in [4.78, 5) is 23.5. The van der Waals surface area contributed by atoms with Gasteiger partial charge in [0, 0.05) is 12.3 Å². The molecule has 100 valence electrons. The van der Waals surface area contributed by atoms with Crippen molar-refractivity contribution in [2.45, 2.75) is 25.8 Å². The molecule has 1 aliphatic rings. The van der Waals surface area contributed by atoms with E-state index in [9.17, 15) is 9.59 Å². The second-order valence-corrected chi connectivity index (χ2v) is 4.63. The topological polar surface area (TPSA) is 59.0 Å². The Hall–Kier alpha value is -2.17. The Morgan fingerprint density at radius 2 is 1.95 bits per heavy atom. The molecule has 0 aromatic heterocycles. The van der Waals surface area contributed by atoms with E-state index in [-0.39, 0.29) is 23.8 Å². The van der Waals surface area contributed by atoms with Crippen LogP contribution < -0.4 is 0 Å². The standard InChI is InChI=1S/C14H16N2O3/c1-9(2)16-13(17)12(8-15-16)10-4-6-11(7-5-10)14(18)19-3/h4-9,12H,1-3H3/t12-/m0/s1. The highest BCUT2D eigenvalue weighted by molar-refractivity contribution is 6.03. The lowest BCUT2D eigenvalue weighted by molar-refractivity contribution is -0.131. The summed E-state index contributed by atoms with van der Waals surface area (Å²) in [6.45, 7) is 3.83. The Kier molecular flexibility index (Phi) is 3.64. The van der Waals surface area contributed by atoms with Crippen LogP contribution in [0, 0.1) is 0 Å². The zero-order valence-corrected chi connectivity index (χ0v) is 11.2. The molecule has 0 spiro atoms. The van der Waals surface area contributed by atoms with Crippen LogP contribution in [-0.2, 0) is 9.53 Å². The third-order valence-corrected chi connectivity index (χ3v) is 3.01. The summed E-state index contributed by atoms with van der Waals surface area (Å²) in [5.41, 5.74) is 1.29. The molecular formula is C14H16N2O3. The van der Waals surface area contributed by atoms with Crippen LogP contribution in [0.1, 0.15) is 35.7 Å². The number of nitrogens with zero attached hydrogens (tertiary/aromatic N) is 2. The molecule has 1 aromatic carbocycles. The van der Waals surface area contributed by atoms with E-state index in [0.29, 0.717) is 5.56 Å². The molecule has 1 amide bonds. The number of ether oxygens (including phenoxy) is 1. The lowest BCUT2D eigenvalue weighted by atomic mass is 9.98. The fraction of sp³-hybridized carbons (Fsp3) is 0.357. The first-order valence-electron chi connectivity index (χ1n) is 6.10. The summed E-state index contributed by atoms with van der Waals surface area (Å²) in [7, 11) is 1.34. The van der Waals surface area contributed by atoms with Gasteiger partial charge >= 0.3 is 5.97 Å². The molecule has 0 radical (unpaired) electrons. The quantitative estimate of drug-likeness (QED) is 0.778. The number of rotatable bonds is 3. The maximum absolute atomic E-state index is 12.1. The Balaban J connectivity index is 2.18. The highest BCUT2D eigenvalue weighted by Gasteiger charge is 2.31. The molecule has 5 heteroatoms. The van der Waals surface area contributed by atoms with Gasteiger partial charge < -0.3 is 4.74 Å². The van der Waals surface area contributed by atoms with Crippen molar-refractivity contribution >= 4 is 18.1 Å². The zero-order chi connectivity index (χ0) is 14.0. The Bertz CT molecular complexity index is 520. The Morgan fingerprint density at radius 1 is 1.32 bits per heavy atom. The minimum Gasteiger partial charge on any atom is -0.465 e. The summed E-state index contributed by atoms with van der Waals surface area (Å²) in [5, 5.41) is 5.59. The first-order valence-corrected chi connectivity index (χ1v) is 6.10. The summed E-state index contributed by atoms with van der Waals surface area (Å²) < 4.78 is 4.63. The van der Waals surface area contributed by atoms with Crippen molar-refractivity contribution in [2.75, 3.05) is 7.11 Å². The van der Waals surface area contributed by atoms with Crippen LogP contribution in [-0.4, -0.2) is 36.3 Å². The molecule has 0 saturated carbocycles. The highest BCUT2D eigenvalue weighted by Crippen LogP contribution is 2.23. The number of hydrogen-bond acceptors (Lipinski definition) is 4. The van der Waals surface area contributed by atoms with Crippen molar-refractivity contribution in [3.05, 3.63) is 35.4 Å². The first kappa shape index (κ1) is 13.3. The van der Waals surface area contributed by atoms with Crippen molar-refractivity contribution in [2.24, 2.45) is 5.10 Å². The molecule has 0 unspecified atom stereocenters. The number of carbonyl (C=O) groups excluding carboxylic acids is 2. The minimum atomic E-state index is -0.387. The van der Waals surface area contributed by atoms with Crippen LogP contribution in [0.25, 0.3) is 0 Å². The van der Waals surface area contributed by atoms with Gasteiger partial charge in [0.2, 0.25) is 0 Å². The highest BCUT2D eigenvalue weighted by atomic mass is 16.5. The summed E-state index contributed by atoms with van der Waals surface area (Å²) in [5.74, 6) is -0.795. The molecule has 1 aromatic rings. The normalized spacial score (nSPS) is 18.2. The van der Waals surface area contributed by atoms with Gasteiger partial charge in [0.15, 0.2) is 0 Å². The average Bonchev–Trinajstić information content (AvgIpc) is 2.80. The lowest BCUT2D eigenvalue weighted by Gasteiger charge is -2.18. The maximum atomic E-state index is 12.1. The number of hydrogen-bond donors (Lipinski definition) is 0. The van der Waals surface area contributed by atoms with Crippen molar-refractivity contribution in [3.8, 4) is 0 Å². The van der Waals surface area contributed by atoms with Crippen LogP contribution >= 0.6 is 0 Å². The second kappa shape index (κ2) is 5.22. The smallest absolute Gasteiger partial charge is 0.337 e. The van der Waals surface area contributed by atoms with Crippen LogP contribution in [0.15, 0.2) is 29.4 Å². The van der Waals surface area contributed by atoms with Gasteiger partial charge in [0.1, 0.15) is 5.92 Å². The van der Waals surface area contributed by atoms with Gasteiger partial charge in [0.05, 0.1) is 12.7 Å².